The Morgan fingerprint density at radius 3 is 2.53 bits per heavy atom. The molecule has 82 valence electrons. The van der Waals surface area contributed by atoms with Crippen molar-refractivity contribution in [3.63, 3.8) is 0 Å². The molecular weight excluding hydrogens is 210 g/mol. The van der Waals surface area contributed by atoms with Crippen LogP contribution in [0.25, 0.3) is 0 Å². The zero-order chi connectivity index (χ0) is 10.5. The third kappa shape index (κ3) is 3.41. The first-order chi connectivity index (χ1) is 7.34. The molecule has 1 N–H and O–H groups in total. The number of ether oxygens (including phenoxy) is 1. The lowest BCUT2D eigenvalue weighted by molar-refractivity contribution is 0.0773. The first kappa shape index (κ1) is 10.8. The number of phenols is 1. The second-order valence-electron chi connectivity index (χ2n) is 3.48. The van der Waals surface area contributed by atoms with Crippen molar-refractivity contribution < 1.29 is 9.84 Å². The summed E-state index contributed by atoms with van der Waals surface area (Å²) in [5.41, 5.74) is 1.24. The molecule has 0 atom stereocenters. The normalized spacial score (nSPS) is 17.9. The van der Waals surface area contributed by atoms with Gasteiger partial charge in [0.25, 0.3) is 0 Å². The highest BCUT2D eigenvalue weighted by atomic mass is 32.2. The predicted molar refractivity (Wildman–Crippen MR) is 61.8 cm³/mol. The highest BCUT2D eigenvalue weighted by Crippen LogP contribution is 2.19. The highest BCUT2D eigenvalue weighted by Gasteiger charge is 2.10. The highest BCUT2D eigenvalue weighted by molar-refractivity contribution is 7.96. The Labute approximate surface area is 94.2 Å². The molecule has 4 heteroatoms. The van der Waals surface area contributed by atoms with Crippen molar-refractivity contribution in [3.05, 3.63) is 29.8 Å². The molecule has 1 saturated heterocycles. The monoisotopic (exact) mass is 225 g/mol. The molecule has 0 spiro atoms. The van der Waals surface area contributed by atoms with Crippen molar-refractivity contribution in [2.45, 2.75) is 5.75 Å². The van der Waals surface area contributed by atoms with Gasteiger partial charge in [-0.05, 0) is 17.7 Å². The fourth-order valence-electron chi connectivity index (χ4n) is 1.43. The molecule has 3 nitrogen and oxygen atoms in total. The minimum atomic E-state index is 0.329. The zero-order valence-electron chi connectivity index (χ0n) is 8.56. The van der Waals surface area contributed by atoms with Crippen LogP contribution in [-0.4, -0.2) is 35.7 Å². The molecule has 1 aliphatic heterocycles. The summed E-state index contributed by atoms with van der Waals surface area (Å²) in [6.07, 6.45) is 0. The van der Waals surface area contributed by atoms with Crippen LogP contribution in [0.1, 0.15) is 5.56 Å². The number of hydrogen-bond acceptors (Lipinski definition) is 4. The van der Waals surface area contributed by atoms with E-state index in [9.17, 15) is 0 Å². The molecule has 1 aliphatic rings. The number of benzene rings is 1. The summed E-state index contributed by atoms with van der Waals surface area (Å²) in [7, 11) is 0. The SMILES string of the molecule is Oc1ccc(CSN2CCOCC2)cc1. The van der Waals surface area contributed by atoms with Crippen molar-refractivity contribution in [1.29, 1.82) is 0 Å². The van der Waals surface area contributed by atoms with Crippen LogP contribution >= 0.6 is 11.9 Å². The average molecular weight is 225 g/mol. The standard InChI is InChI=1S/C11H15NO2S/c13-11-3-1-10(2-4-11)9-15-12-5-7-14-8-6-12/h1-4,13H,5-9H2. The van der Waals surface area contributed by atoms with Gasteiger partial charge in [-0.25, -0.2) is 4.31 Å². The maximum absolute atomic E-state index is 9.14. The molecule has 0 unspecified atom stereocenters. The summed E-state index contributed by atoms with van der Waals surface area (Å²) in [6.45, 7) is 3.68. The Morgan fingerprint density at radius 2 is 1.87 bits per heavy atom. The van der Waals surface area contributed by atoms with E-state index in [1.54, 1.807) is 12.1 Å². The van der Waals surface area contributed by atoms with E-state index in [-0.39, 0.29) is 0 Å². The van der Waals surface area contributed by atoms with Gasteiger partial charge in [0, 0.05) is 18.8 Å². The van der Waals surface area contributed by atoms with E-state index < -0.39 is 0 Å². The molecule has 15 heavy (non-hydrogen) atoms. The number of nitrogens with zero attached hydrogens (tertiary/aromatic N) is 1. The van der Waals surface area contributed by atoms with Crippen molar-refractivity contribution >= 4 is 11.9 Å². The Kier molecular flexibility index (Phi) is 3.88. The molecular formula is C11H15NO2S. The lowest BCUT2D eigenvalue weighted by Gasteiger charge is -2.25. The molecule has 2 rings (SSSR count). The van der Waals surface area contributed by atoms with Crippen LogP contribution in [0, 0.1) is 0 Å². The lowest BCUT2D eigenvalue weighted by atomic mass is 10.2. The molecule has 0 radical (unpaired) electrons. The van der Waals surface area contributed by atoms with E-state index in [0.717, 1.165) is 32.1 Å². The molecule has 0 saturated carbocycles. The summed E-state index contributed by atoms with van der Waals surface area (Å²) in [5.74, 6) is 1.29. The van der Waals surface area contributed by atoms with Crippen molar-refractivity contribution in [2.24, 2.45) is 0 Å². The average Bonchev–Trinajstić information content (AvgIpc) is 2.30. The summed E-state index contributed by atoms with van der Waals surface area (Å²) < 4.78 is 7.61. The van der Waals surface area contributed by atoms with E-state index >= 15 is 0 Å². The topological polar surface area (TPSA) is 32.7 Å². The predicted octanol–water partition coefficient (Wildman–Crippen LogP) is 1.87. The number of hydrogen-bond donors (Lipinski definition) is 1. The molecule has 0 bridgehead atoms. The van der Waals surface area contributed by atoms with Gasteiger partial charge in [-0.1, -0.05) is 24.1 Å². The van der Waals surface area contributed by atoms with Crippen molar-refractivity contribution in [1.82, 2.24) is 4.31 Å². The maximum atomic E-state index is 9.14. The summed E-state index contributed by atoms with van der Waals surface area (Å²) in [6, 6.07) is 7.38. The first-order valence-electron chi connectivity index (χ1n) is 5.08. The second-order valence-corrected chi connectivity index (χ2v) is 4.54. The second kappa shape index (κ2) is 5.39. The van der Waals surface area contributed by atoms with Gasteiger partial charge in [-0.3, -0.25) is 0 Å². The van der Waals surface area contributed by atoms with Gasteiger partial charge in [0.1, 0.15) is 5.75 Å². The number of morpholine rings is 1. The van der Waals surface area contributed by atoms with Crippen LogP contribution in [0.5, 0.6) is 5.75 Å². The number of rotatable bonds is 3. The van der Waals surface area contributed by atoms with Crippen LogP contribution in [0.4, 0.5) is 0 Å². The molecule has 1 fully saturated rings. The quantitative estimate of drug-likeness (QED) is 0.796. The van der Waals surface area contributed by atoms with Gasteiger partial charge in [-0.15, -0.1) is 0 Å². The van der Waals surface area contributed by atoms with Crippen LogP contribution in [0.15, 0.2) is 24.3 Å². The summed E-state index contributed by atoms with van der Waals surface area (Å²) in [4.78, 5) is 0. The summed E-state index contributed by atoms with van der Waals surface area (Å²) >= 11 is 1.83. The molecule has 0 aliphatic carbocycles. The van der Waals surface area contributed by atoms with E-state index in [2.05, 4.69) is 4.31 Å². The van der Waals surface area contributed by atoms with Crippen LogP contribution in [-0.2, 0) is 10.5 Å². The number of aromatic hydroxyl groups is 1. The fourth-order valence-corrected chi connectivity index (χ4v) is 2.37. The van der Waals surface area contributed by atoms with Crippen molar-refractivity contribution in [2.75, 3.05) is 26.3 Å². The molecule has 1 heterocycles. The summed E-state index contributed by atoms with van der Waals surface area (Å²) in [5, 5.41) is 9.14. The van der Waals surface area contributed by atoms with Crippen LogP contribution < -0.4 is 0 Å². The minimum absolute atomic E-state index is 0.329. The molecule has 1 aromatic rings. The number of phenolic OH excluding ortho intramolecular Hbond substituents is 1. The van der Waals surface area contributed by atoms with Gasteiger partial charge in [0.05, 0.1) is 13.2 Å². The van der Waals surface area contributed by atoms with Crippen LogP contribution in [0.3, 0.4) is 0 Å². The van der Waals surface area contributed by atoms with E-state index in [1.807, 2.05) is 24.1 Å². The van der Waals surface area contributed by atoms with Gasteiger partial charge in [0.2, 0.25) is 0 Å². The fraction of sp³-hybridized carbons (Fsp3) is 0.455. The minimum Gasteiger partial charge on any atom is -0.508 e. The van der Waals surface area contributed by atoms with Crippen molar-refractivity contribution in [3.8, 4) is 5.75 Å². The van der Waals surface area contributed by atoms with E-state index in [1.165, 1.54) is 5.56 Å². The van der Waals surface area contributed by atoms with Gasteiger partial charge in [0.15, 0.2) is 0 Å². The third-order valence-corrected chi connectivity index (χ3v) is 3.51. The Morgan fingerprint density at radius 1 is 1.20 bits per heavy atom. The third-order valence-electron chi connectivity index (χ3n) is 2.32. The van der Waals surface area contributed by atoms with Gasteiger partial charge in [-0.2, -0.15) is 0 Å². The smallest absolute Gasteiger partial charge is 0.115 e. The lowest BCUT2D eigenvalue weighted by Crippen LogP contribution is -2.31. The van der Waals surface area contributed by atoms with Gasteiger partial charge < -0.3 is 9.84 Å². The first-order valence-corrected chi connectivity index (χ1v) is 6.02. The maximum Gasteiger partial charge on any atom is 0.115 e. The van der Waals surface area contributed by atoms with Crippen LogP contribution in [0.2, 0.25) is 0 Å². The van der Waals surface area contributed by atoms with Gasteiger partial charge >= 0.3 is 0 Å². The van der Waals surface area contributed by atoms with E-state index in [0.29, 0.717) is 5.75 Å². The Bertz CT molecular complexity index is 296. The Hall–Kier alpha value is -0.710. The largest absolute Gasteiger partial charge is 0.508 e. The molecule has 1 aromatic carbocycles. The Balaban J connectivity index is 1.79. The zero-order valence-corrected chi connectivity index (χ0v) is 9.37. The molecule has 0 aromatic heterocycles. The van der Waals surface area contributed by atoms with E-state index in [4.69, 9.17) is 9.84 Å². The molecule has 0 amide bonds.